The van der Waals surface area contributed by atoms with Gasteiger partial charge in [0, 0.05) is 24.8 Å². The molecule has 0 aliphatic carbocycles. The molecule has 1 aromatic rings. The van der Waals surface area contributed by atoms with E-state index in [1.54, 1.807) is 4.90 Å². The summed E-state index contributed by atoms with van der Waals surface area (Å²) >= 11 is 0. The first-order chi connectivity index (χ1) is 9.50. The predicted molar refractivity (Wildman–Crippen MR) is 76.8 cm³/mol. The Kier molecular flexibility index (Phi) is 4.27. The number of fused-ring (bicyclic) bond motifs is 1. The van der Waals surface area contributed by atoms with Gasteiger partial charge in [-0.05, 0) is 25.5 Å². The predicted octanol–water partition coefficient (Wildman–Crippen LogP) is 1.91. The number of hydrogen-bond donors (Lipinski definition) is 2. The minimum atomic E-state index is -0.881. The van der Waals surface area contributed by atoms with Gasteiger partial charge in [-0.2, -0.15) is 0 Å². The van der Waals surface area contributed by atoms with Gasteiger partial charge in [-0.15, -0.1) is 0 Å². The zero-order valence-corrected chi connectivity index (χ0v) is 11.8. The summed E-state index contributed by atoms with van der Waals surface area (Å²) < 4.78 is 0. The number of carbonyl (C=O) groups is 2. The molecule has 20 heavy (non-hydrogen) atoms. The van der Waals surface area contributed by atoms with Crippen LogP contribution in [0.5, 0.6) is 0 Å². The number of aliphatic carboxylic acids is 1. The van der Waals surface area contributed by atoms with Crippen molar-refractivity contribution in [3.8, 4) is 0 Å². The summed E-state index contributed by atoms with van der Waals surface area (Å²) in [6.07, 6.45) is -0.0221. The molecule has 0 saturated heterocycles. The monoisotopic (exact) mass is 276 g/mol. The summed E-state index contributed by atoms with van der Waals surface area (Å²) in [5, 5.41) is 12.0. The molecule has 1 aromatic carbocycles. The van der Waals surface area contributed by atoms with Crippen molar-refractivity contribution in [2.75, 3.05) is 18.4 Å². The van der Waals surface area contributed by atoms with Gasteiger partial charge in [0.25, 0.3) is 0 Å². The summed E-state index contributed by atoms with van der Waals surface area (Å²) in [5.41, 5.74) is 1.99. The molecule has 1 aliphatic heterocycles. The Labute approximate surface area is 118 Å². The zero-order chi connectivity index (χ0) is 14.7. The maximum absolute atomic E-state index is 12.7. The zero-order valence-electron chi connectivity index (χ0n) is 11.8. The first kappa shape index (κ1) is 14.4. The van der Waals surface area contributed by atoms with Gasteiger partial charge < -0.3 is 15.3 Å². The van der Waals surface area contributed by atoms with Crippen molar-refractivity contribution in [1.29, 1.82) is 0 Å². The van der Waals surface area contributed by atoms with Crippen molar-refractivity contribution in [3.05, 3.63) is 29.8 Å². The Hall–Kier alpha value is -2.04. The summed E-state index contributed by atoms with van der Waals surface area (Å²) in [5.74, 6) is -1.10. The highest BCUT2D eigenvalue weighted by atomic mass is 16.4. The van der Waals surface area contributed by atoms with Crippen LogP contribution in [0.25, 0.3) is 0 Å². The number of carboxylic acids is 1. The Balaban J connectivity index is 2.15. The van der Waals surface area contributed by atoms with Crippen molar-refractivity contribution in [3.63, 3.8) is 0 Å². The second-order valence-corrected chi connectivity index (χ2v) is 5.29. The molecular formula is C15H20N2O3. The third-order valence-corrected chi connectivity index (χ3v) is 3.60. The fourth-order valence-electron chi connectivity index (χ4n) is 2.54. The largest absolute Gasteiger partial charge is 0.481 e. The third-order valence-electron chi connectivity index (χ3n) is 3.60. The fraction of sp³-hybridized carbons (Fsp3) is 0.467. The number of amides is 1. The number of nitrogens with one attached hydrogen (secondary N) is 1. The number of anilines is 1. The quantitative estimate of drug-likeness (QED) is 0.862. The molecule has 0 aromatic heterocycles. The van der Waals surface area contributed by atoms with E-state index in [1.807, 2.05) is 38.1 Å². The lowest BCUT2D eigenvalue weighted by Gasteiger charge is -2.29. The molecule has 0 saturated carbocycles. The summed E-state index contributed by atoms with van der Waals surface area (Å²) in [6.45, 7) is 4.65. The second-order valence-electron chi connectivity index (χ2n) is 5.29. The van der Waals surface area contributed by atoms with E-state index in [0.29, 0.717) is 6.54 Å². The first-order valence-electron chi connectivity index (χ1n) is 6.85. The van der Waals surface area contributed by atoms with Crippen molar-refractivity contribution in [2.24, 2.45) is 0 Å². The van der Waals surface area contributed by atoms with Crippen molar-refractivity contribution < 1.29 is 14.7 Å². The van der Waals surface area contributed by atoms with Crippen LogP contribution in [-0.4, -0.2) is 41.0 Å². The minimum Gasteiger partial charge on any atom is -0.481 e. The van der Waals surface area contributed by atoms with Crippen LogP contribution in [0.2, 0.25) is 0 Å². The molecule has 5 nitrogen and oxygen atoms in total. The molecule has 2 rings (SSSR count). The van der Waals surface area contributed by atoms with Gasteiger partial charge >= 0.3 is 5.97 Å². The highest BCUT2D eigenvalue weighted by Crippen LogP contribution is 2.32. The van der Waals surface area contributed by atoms with Crippen LogP contribution in [0.15, 0.2) is 24.3 Å². The highest BCUT2D eigenvalue weighted by Gasteiger charge is 2.32. The van der Waals surface area contributed by atoms with Crippen LogP contribution >= 0.6 is 0 Å². The molecule has 0 radical (unpaired) electrons. The normalized spacial score (nSPS) is 16.6. The Bertz CT molecular complexity index is 514. The fourth-order valence-corrected chi connectivity index (χ4v) is 2.54. The van der Waals surface area contributed by atoms with Crippen LogP contribution in [0, 0.1) is 0 Å². The van der Waals surface area contributed by atoms with Crippen LogP contribution in [0.1, 0.15) is 31.7 Å². The van der Waals surface area contributed by atoms with Crippen LogP contribution in [0.3, 0.4) is 0 Å². The van der Waals surface area contributed by atoms with Gasteiger partial charge in [-0.25, -0.2) is 0 Å². The molecule has 108 valence electrons. The number of para-hydroxylation sites is 1. The van der Waals surface area contributed by atoms with Crippen LogP contribution < -0.4 is 5.32 Å². The van der Waals surface area contributed by atoms with Gasteiger partial charge in [0.15, 0.2) is 0 Å². The number of carbonyl (C=O) groups excluding carboxylic acids is 1. The van der Waals surface area contributed by atoms with Crippen LogP contribution in [0.4, 0.5) is 5.69 Å². The average Bonchev–Trinajstić information content (AvgIpc) is 2.81. The van der Waals surface area contributed by atoms with Gasteiger partial charge in [-0.3, -0.25) is 9.59 Å². The van der Waals surface area contributed by atoms with E-state index in [2.05, 4.69) is 5.32 Å². The highest BCUT2D eigenvalue weighted by molar-refractivity contribution is 5.88. The molecule has 2 N–H and O–H groups in total. The van der Waals surface area contributed by atoms with Gasteiger partial charge in [-0.1, -0.05) is 18.2 Å². The number of carboxylic acid groups (broad SMARTS) is 1. The third kappa shape index (κ3) is 2.92. The maximum Gasteiger partial charge on any atom is 0.305 e. The van der Waals surface area contributed by atoms with Crippen molar-refractivity contribution in [1.82, 2.24) is 4.90 Å². The number of rotatable bonds is 5. The molecule has 1 heterocycles. The molecule has 0 spiro atoms. The lowest BCUT2D eigenvalue weighted by Crippen LogP contribution is -2.41. The molecule has 1 amide bonds. The SMILES string of the molecule is CC(C)N(CCC(=O)O)C(=O)C1CNc2ccccc21. The maximum atomic E-state index is 12.7. The minimum absolute atomic E-state index is 0.00120. The van der Waals surface area contributed by atoms with Gasteiger partial charge in [0.2, 0.25) is 5.91 Å². The summed E-state index contributed by atoms with van der Waals surface area (Å²) in [6, 6.07) is 7.76. The molecular weight excluding hydrogens is 256 g/mol. The van der Waals surface area contributed by atoms with E-state index < -0.39 is 5.97 Å². The molecule has 1 atom stereocenters. The van der Waals surface area contributed by atoms with E-state index >= 15 is 0 Å². The number of nitrogens with zero attached hydrogens (tertiary/aromatic N) is 1. The Morgan fingerprint density at radius 1 is 1.40 bits per heavy atom. The summed E-state index contributed by atoms with van der Waals surface area (Å²) in [4.78, 5) is 25.0. The molecule has 1 unspecified atom stereocenters. The topological polar surface area (TPSA) is 69.6 Å². The summed E-state index contributed by atoms with van der Waals surface area (Å²) in [7, 11) is 0. The van der Waals surface area contributed by atoms with Gasteiger partial charge in [0.1, 0.15) is 0 Å². The molecule has 0 bridgehead atoms. The molecule has 5 heteroatoms. The standard InChI is InChI=1S/C15H20N2O3/c1-10(2)17(8-7-14(18)19)15(20)12-9-16-13-6-4-3-5-11(12)13/h3-6,10,12,16H,7-9H2,1-2H3,(H,18,19). The first-order valence-corrected chi connectivity index (χ1v) is 6.85. The van der Waals surface area contributed by atoms with E-state index in [9.17, 15) is 9.59 Å². The average molecular weight is 276 g/mol. The smallest absolute Gasteiger partial charge is 0.305 e. The van der Waals surface area contributed by atoms with E-state index in [0.717, 1.165) is 11.3 Å². The number of benzene rings is 1. The van der Waals surface area contributed by atoms with Gasteiger partial charge in [0.05, 0.1) is 12.3 Å². The Morgan fingerprint density at radius 2 is 2.10 bits per heavy atom. The number of hydrogen-bond acceptors (Lipinski definition) is 3. The van der Waals surface area contributed by atoms with Crippen molar-refractivity contribution in [2.45, 2.75) is 32.2 Å². The molecule has 0 fully saturated rings. The van der Waals surface area contributed by atoms with E-state index in [1.165, 1.54) is 0 Å². The Morgan fingerprint density at radius 3 is 2.75 bits per heavy atom. The lowest BCUT2D eigenvalue weighted by atomic mass is 9.99. The van der Waals surface area contributed by atoms with E-state index in [4.69, 9.17) is 5.11 Å². The van der Waals surface area contributed by atoms with Crippen molar-refractivity contribution >= 4 is 17.6 Å². The second kappa shape index (κ2) is 5.94. The molecule has 1 aliphatic rings. The lowest BCUT2D eigenvalue weighted by molar-refractivity contribution is -0.139. The van der Waals surface area contributed by atoms with Crippen LogP contribution in [-0.2, 0) is 9.59 Å². The van der Waals surface area contributed by atoms with E-state index in [-0.39, 0.29) is 30.8 Å².